The molecule has 152 valence electrons. The van der Waals surface area contributed by atoms with E-state index in [9.17, 15) is 0 Å². The number of hydrogen-bond acceptors (Lipinski definition) is 5. The van der Waals surface area contributed by atoms with Crippen LogP contribution < -0.4 is 9.54 Å². The Kier molecular flexibility index (Phi) is 6.36. The molecule has 4 aromatic rings. The molecular formula is C25H20N4OS. The van der Waals surface area contributed by atoms with E-state index < -0.39 is 0 Å². The molecule has 0 fully saturated rings. The third kappa shape index (κ3) is 4.80. The molecule has 0 aliphatic carbocycles. The van der Waals surface area contributed by atoms with Crippen molar-refractivity contribution >= 4 is 17.6 Å². The molecule has 0 radical (unpaired) electrons. The van der Waals surface area contributed by atoms with Crippen LogP contribution >= 0.6 is 11.3 Å². The van der Waals surface area contributed by atoms with Crippen molar-refractivity contribution < 1.29 is 4.74 Å². The number of hydrogen-bond donors (Lipinski definition) is 0. The molecule has 0 saturated carbocycles. The fraction of sp³-hybridized carbons (Fsp3) is 0.0800. The van der Waals surface area contributed by atoms with Crippen molar-refractivity contribution in [3.8, 4) is 23.1 Å². The molecule has 0 atom stereocenters. The Morgan fingerprint density at radius 1 is 1.00 bits per heavy atom. The van der Waals surface area contributed by atoms with Crippen molar-refractivity contribution in [2.45, 2.75) is 6.54 Å². The van der Waals surface area contributed by atoms with E-state index in [-0.39, 0.29) is 0 Å². The number of thiazole rings is 1. The van der Waals surface area contributed by atoms with E-state index in [4.69, 9.17) is 20.1 Å². The monoisotopic (exact) mass is 424 g/mol. The van der Waals surface area contributed by atoms with Crippen LogP contribution in [0.15, 0.2) is 94.3 Å². The summed E-state index contributed by atoms with van der Waals surface area (Å²) in [5.74, 6) is 0.775. The summed E-state index contributed by atoms with van der Waals surface area (Å²) in [5.41, 5.74) is 4.50. The fourth-order valence-electron chi connectivity index (χ4n) is 3.07. The van der Waals surface area contributed by atoms with Gasteiger partial charge in [-0.25, -0.2) is 4.68 Å². The van der Waals surface area contributed by atoms with E-state index in [1.807, 2.05) is 64.7 Å². The van der Waals surface area contributed by atoms with Gasteiger partial charge in [-0.2, -0.15) is 10.4 Å². The molecule has 0 bridgehead atoms. The van der Waals surface area contributed by atoms with Gasteiger partial charge in [-0.15, -0.1) is 11.3 Å². The maximum atomic E-state index is 9.00. The minimum atomic E-state index is 0.569. The normalized spacial score (nSPS) is 11.5. The van der Waals surface area contributed by atoms with E-state index >= 15 is 0 Å². The van der Waals surface area contributed by atoms with Gasteiger partial charge in [0, 0.05) is 10.9 Å². The Hall–Kier alpha value is -3.95. The summed E-state index contributed by atoms with van der Waals surface area (Å²) in [6.07, 6.45) is 1.77. The number of para-hydroxylation sites is 1. The number of aromatic nitrogens is 1. The van der Waals surface area contributed by atoms with Crippen molar-refractivity contribution in [2.24, 2.45) is 10.1 Å². The Balaban J connectivity index is 1.77. The van der Waals surface area contributed by atoms with Crippen molar-refractivity contribution in [3.05, 3.63) is 106 Å². The molecule has 1 aromatic heterocycles. The van der Waals surface area contributed by atoms with Crippen LogP contribution in [0.2, 0.25) is 0 Å². The number of methoxy groups -OCH3 is 1. The summed E-state index contributed by atoms with van der Waals surface area (Å²) in [6, 6.07) is 27.4. The van der Waals surface area contributed by atoms with Crippen molar-refractivity contribution in [3.63, 3.8) is 0 Å². The van der Waals surface area contributed by atoms with E-state index in [0.29, 0.717) is 12.1 Å². The van der Waals surface area contributed by atoms with E-state index in [0.717, 1.165) is 32.9 Å². The van der Waals surface area contributed by atoms with Gasteiger partial charge in [0.2, 0.25) is 4.80 Å². The number of nitriles is 1. The molecule has 0 N–H and O–H groups in total. The van der Waals surface area contributed by atoms with Gasteiger partial charge >= 0.3 is 0 Å². The first-order valence-corrected chi connectivity index (χ1v) is 10.6. The van der Waals surface area contributed by atoms with Gasteiger partial charge in [-0.1, -0.05) is 54.6 Å². The number of ether oxygens (including phenoxy) is 1. The molecule has 5 nitrogen and oxygen atoms in total. The highest BCUT2D eigenvalue weighted by molar-refractivity contribution is 7.07. The zero-order valence-corrected chi connectivity index (χ0v) is 17.8. The van der Waals surface area contributed by atoms with Gasteiger partial charge in [0.15, 0.2) is 0 Å². The predicted molar refractivity (Wildman–Crippen MR) is 124 cm³/mol. The molecular weight excluding hydrogens is 404 g/mol. The van der Waals surface area contributed by atoms with E-state index in [1.54, 1.807) is 25.5 Å². The lowest BCUT2D eigenvalue weighted by molar-refractivity contribution is 0.416. The predicted octanol–water partition coefficient (Wildman–Crippen LogP) is 5.08. The highest BCUT2D eigenvalue weighted by Crippen LogP contribution is 2.29. The molecule has 1 heterocycles. The Bertz CT molecular complexity index is 1300. The van der Waals surface area contributed by atoms with Crippen LogP contribution in [0.3, 0.4) is 0 Å². The van der Waals surface area contributed by atoms with Crippen LogP contribution in [0.5, 0.6) is 5.75 Å². The van der Waals surface area contributed by atoms with E-state index in [1.165, 1.54) is 11.3 Å². The second-order valence-electron chi connectivity index (χ2n) is 6.70. The third-order valence-corrected chi connectivity index (χ3v) is 5.52. The molecule has 0 aliphatic heterocycles. The zero-order valence-electron chi connectivity index (χ0n) is 17.0. The fourth-order valence-corrected chi connectivity index (χ4v) is 3.90. The van der Waals surface area contributed by atoms with Gasteiger partial charge in [0.05, 0.1) is 37.2 Å². The summed E-state index contributed by atoms with van der Waals surface area (Å²) in [7, 11) is 1.66. The summed E-state index contributed by atoms with van der Waals surface area (Å²) in [5, 5.41) is 15.8. The molecule has 31 heavy (non-hydrogen) atoms. The highest BCUT2D eigenvalue weighted by atomic mass is 32.1. The first-order valence-electron chi connectivity index (χ1n) is 9.71. The van der Waals surface area contributed by atoms with Gasteiger partial charge in [-0.05, 0) is 35.4 Å². The second-order valence-corrected chi connectivity index (χ2v) is 7.53. The highest BCUT2D eigenvalue weighted by Gasteiger charge is 2.12. The largest absolute Gasteiger partial charge is 0.496 e. The number of nitrogens with zero attached hydrogens (tertiary/aromatic N) is 4. The molecule has 0 unspecified atom stereocenters. The quantitative estimate of drug-likeness (QED) is 0.405. The van der Waals surface area contributed by atoms with Crippen molar-refractivity contribution in [1.29, 1.82) is 5.26 Å². The van der Waals surface area contributed by atoms with E-state index in [2.05, 4.69) is 18.2 Å². The standard InChI is InChI=1S/C25H20N4OS/c1-30-24-10-6-5-9-22(24)23-18-31-25(27-16-20-7-3-2-4-8-20)29(23)28-17-21-13-11-19(15-26)12-14-21/h2-14,17-18H,16H2,1H3. The minimum absolute atomic E-state index is 0.569. The third-order valence-electron chi connectivity index (χ3n) is 4.67. The molecule has 4 rings (SSSR count). The van der Waals surface area contributed by atoms with Crippen molar-refractivity contribution in [2.75, 3.05) is 7.11 Å². The molecule has 0 spiro atoms. The van der Waals surface area contributed by atoms with Crippen molar-refractivity contribution in [1.82, 2.24) is 4.68 Å². The van der Waals surface area contributed by atoms with Crippen LogP contribution in [0.25, 0.3) is 11.3 Å². The summed E-state index contributed by atoms with van der Waals surface area (Å²) >= 11 is 1.53. The molecule has 0 amide bonds. The summed E-state index contributed by atoms with van der Waals surface area (Å²) < 4.78 is 7.40. The molecule has 0 aliphatic rings. The smallest absolute Gasteiger partial charge is 0.206 e. The number of benzene rings is 3. The second kappa shape index (κ2) is 9.70. The SMILES string of the molecule is COc1ccccc1-c1csc(=NCc2ccccc2)n1N=Cc1ccc(C#N)cc1. The molecule has 0 saturated heterocycles. The lowest BCUT2D eigenvalue weighted by Crippen LogP contribution is -2.12. The lowest BCUT2D eigenvalue weighted by atomic mass is 10.1. The minimum Gasteiger partial charge on any atom is -0.496 e. The van der Waals surface area contributed by atoms with Crippen LogP contribution in [0, 0.1) is 11.3 Å². The first kappa shape index (κ1) is 20.3. The Morgan fingerprint density at radius 3 is 2.48 bits per heavy atom. The topological polar surface area (TPSA) is 62.7 Å². The molecule has 3 aromatic carbocycles. The lowest BCUT2D eigenvalue weighted by Gasteiger charge is -2.08. The maximum Gasteiger partial charge on any atom is 0.206 e. The van der Waals surface area contributed by atoms with Crippen LogP contribution in [-0.2, 0) is 6.54 Å². The summed E-state index contributed by atoms with van der Waals surface area (Å²) in [4.78, 5) is 5.59. The van der Waals surface area contributed by atoms with Gasteiger partial charge in [-0.3, -0.25) is 4.99 Å². The molecule has 6 heteroatoms. The Morgan fingerprint density at radius 2 is 1.74 bits per heavy atom. The van der Waals surface area contributed by atoms with Crippen LogP contribution in [0.1, 0.15) is 16.7 Å². The van der Waals surface area contributed by atoms with Gasteiger partial charge < -0.3 is 4.74 Å². The Labute approximate surface area is 184 Å². The average Bonchev–Trinajstić information content (AvgIpc) is 3.24. The first-order chi connectivity index (χ1) is 15.3. The van der Waals surface area contributed by atoms with Crippen LogP contribution in [-0.4, -0.2) is 18.0 Å². The maximum absolute atomic E-state index is 9.00. The average molecular weight is 425 g/mol. The summed E-state index contributed by atoms with van der Waals surface area (Å²) in [6.45, 7) is 0.569. The van der Waals surface area contributed by atoms with Gasteiger partial charge in [0.1, 0.15) is 5.75 Å². The van der Waals surface area contributed by atoms with Gasteiger partial charge in [0.25, 0.3) is 0 Å². The van der Waals surface area contributed by atoms with Crippen LogP contribution in [0.4, 0.5) is 0 Å². The number of rotatable bonds is 6. The zero-order chi connectivity index (χ0) is 21.5.